The van der Waals surface area contributed by atoms with Gasteiger partial charge in [0, 0.05) is 18.7 Å². The molecule has 140 valence electrons. The van der Waals surface area contributed by atoms with Crippen LogP contribution in [0.3, 0.4) is 0 Å². The maximum Gasteiger partial charge on any atom is 0.323 e. The monoisotopic (exact) mass is 371 g/mol. The van der Waals surface area contributed by atoms with Crippen molar-refractivity contribution in [1.82, 2.24) is 0 Å². The molecule has 3 aromatic rings. The van der Waals surface area contributed by atoms with Crippen LogP contribution in [0.15, 0.2) is 84.9 Å². The van der Waals surface area contributed by atoms with Gasteiger partial charge in [0.05, 0.1) is 0 Å². The molecule has 1 fully saturated rings. The van der Waals surface area contributed by atoms with Crippen LogP contribution in [0.5, 0.6) is 5.75 Å². The first-order valence-corrected chi connectivity index (χ1v) is 9.44. The van der Waals surface area contributed by atoms with Crippen LogP contribution in [0.1, 0.15) is 29.9 Å². The first-order valence-electron chi connectivity index (χ1n) is 9.44. The maximum atomic E-state index is 13.0. The van der Waals surface area contributed by atoms with Crippen LogP contribution in [0, 0.1) is 0 Å². The Hall–Kier alpha value is -3.40. The molecule has 0 aromatic heterocycles. The predicted octanol–water partition coefficient (Wildman–Crippen LogP) is 4.55. The molecule has 3 aromatic carbocycles. The largest absolute Gasteiger partial charge is 0.426 e. The number of anilines is 1. The van der Waals surface area contributed by atoms with Crippen molar-refractivity contribution < 1.29 is 14.3 Å². The molecule has 0 atom stereocenters. The van der Waals surface area contributed by atoms with E-state index in [2.05, 4.69) is 0 Å². The van der Waals surface area contributed by atoms with Crippen LogP contribution in [-0.2, 0) is 9.59 Å². The van der Waals surface area contributed by atoms with Gasteiger partial charge in [0.25, 0.3) is 0 Å². The summed E-state index contributed by atoms with van der Waals surface area (Å²) in [6.07, 6.45) is 1.47. The highest BCUT2D eigenvalue weighted by Crippen LogP contribution is 2.28. The molecule has 28 heavy (non-hydrogen) atoms. The highest BCUT2D eigenvalue weighted by Gasteiger charge is 2.25. The highest BCUT2D eigenvalue weighted by molar-refractivity contribution is 5.95. The number of rotatable bonds is 5. The second kappa shape index (κ2) is 8.09. The summed E-state index contributed by atoms with van der Waals surface area (Å²) >= 11 is 0. The van der Waals surface area contributed by atoms with Crippen LogP contribution in [0.2, 0.25) is 0 Å². The van der Waals surface area contributed by atoms with Crippen LogP contribution < -0.4 is 9.64 Å². The number of amides is 1. The SMILES string of the molecule is O=C(Oc1ccc(N2CCCC2=O)cc1)C(c1ccccc1)c1ccccc1. The quantitative estimate of drug-likeness (QED) is 0.488. The Morgan fingerprint density at radius 2 is 1.39 bits per heavy atom. The average Bonchev–Trinajstić information content (AvgIpc) is 3.16. The van der Waals surface area contributed by atoms with Gasteiger partial charge in [-0.3, -0.25) is 9.59 Å². The lowest BCUT2D eigenvalue weighted by atomic mass is 9.91. The van der Waals surface area contributed by atoms with Crippen molar-refractivity contribution in [2.24, 2.45) is 0 Å². The third-order valence-corrected chi connectivity index (χ3v) is 4.94. The van der Waals surface area contributed by atoms with E-state index in [9.17, 15) is 9.59 Å². The predicted molar refractivity (Wildman–Crippen MR) is 108 cm³/mol. The molecule has 0 N–H and O–H groups in total. The zero-order chi connectivity index (χ0) is 19.3. The van der Waals surface area contributed by atoms with Gasteiger partial charge in [0.15, 0.2) is 0 Å². The number of carbonyl (C=O) groups is 2. The van der Waals surface area contributed by atoms with Gasteiger partial charge < -0.3 is 9.64 Å². The zero-order valence-corrected chi connectivity index (χ0v) is 15.5. The second-order valence-corrected chi connectivity index (χ2v) is 6.82. The highest BCUT2D eigenvalue weighted by atomic mass is 16.5. The topological polar surface area (TPSA) is 46.6 Å². The summed E-state index contributed by atoms with van der Waals surface area (Å²) in [7, 11) is 0. The zero-order valence-electron chi connectivity index (χ0n) is 15.5. The summed E-state index contributed by atoms with van der Waals surface area (Å²) in [5, 5.41) is 0. The van der Waals surface area contributed by atoms with E-state index in [0.717, 1.165) is 29.8 Å². The molecule has 0 saturated carbocycles. The van der Waals surface area contributed by atoms with Gasteiger partial charge in [-0.1, -0.05) is 60.7 Å². The van der Waals surface area contributed by atoms with Gasteiger partial charge in [-0.25, -0.2) is 0 Å². The van der Waals surface area contributed by atoms with Crippen LogP contribution >= 0.6 is 0 Å². The van der Waals surface area contributed by atoms with Crippen LogP contribution in [0.4, 0.5) is 5.69 Å². The first kappa shape index (κ1) is 18.0. The van der Waals surface area contributed by atoms with Gasteiger partial charge in [-0.15, -0.1) is 0 Å². The standard InChI is InChI=1S/C24H21NO3/c26-22-12-7-17-25(22)20-13-15-21(16-14-20)28-24(27)23(18-8-3-1-4-9-18)19-10-5-2-6-11-19/h1-6,8-11,13-16,23H,7,12,17H2. The number of benzene rings is 3. The number of ether oxygens (including phenoxy) is 1. The molecule has 0 unspecified atom stereocenters. The molecular formula is C24H21NO3. The van der Waals surface area contributed by atoms with E-state index in [0.29, 0.717) is 12.2 Å². The summed E-state index contributed by atoms with van der Waals surface area (Å²) in [5.74, 6) is -0.222. The van der Waals surface area contributed by atoms with Crippen LogP contribution in [-0.4, -0.2) is 18.4 Å². The number of hydrogen-bond acceptors (Lipinski definition) is 3. The summed E-state index contributed by atoms with van der Waals surface area (Å²) in [6, 6.07) is 26.4. The van der Waals surface area contributed by atoms with E-state index in [4.69, 9.17) is 4.74 Å². The molecule has 0 radical (unpaired) electrons. The van der Waals surface area contributed by atoms with Gasteiger partial charge in [0.2, 0.25) is 5.91 Å². The Morgan fingerprint density at radius 3 is 1.89 bits per heavy atom. The lowest BCUT2D eigenvalue weighted by Gasteiger charge is -2.18. The molecule has 0 aliphatic carbocycles. The minimum absolute atomic E-state index is 0.137. The van der Waals surface area contributed by atoms with E-state index in [1.165, 1.54) is 0 Å². The second-order valence-electron chi connectivity index (χ2n) is 6.82. The first-order chi connectivity index (χ1) is 13.7. The van der Waals surface area contributed by atoms with Gasteiger partial charge in [-0.2, -0.15) is 0 Å². The van der Waals surface area contributed by atoms with Crippen molar-refractivity contribution in [1.29, 1.82) is 0 Å². The number of carbonyl (C=O) groups excluding carboxylic acids is 2. The number of nitrogens with zero attached hydrogens (tertiary/aromatic N) is 1. The number of hydrogen-bond donors (Lipinski definition) is 0. The molecule has 0 spiro atoms. The molecule has 0 bridgehead atoms. The lowest BCUT2D eigenvalue weighted by Crippen LogP contribution is -2.23. The summed E-state index contributed by atoms with van der Waals surface area (Å²) in [6.45, 7) is 0.738. The van der Waals surface area contributed by atoms with Gasteiger partial charge >= 0.3 is 5.97 Å². The Balaban J connectivity index is 1.55. The molecule has 4 rings (SSSR count). The minimum atomic E-state index is -0.498. The summed E-state index contributed by atoms with van der Waals surface area (Å²) < 4.78 is 5.69. The Kier molecular flexibility index (Phi) is 5.20. The van der Waals surface area contributed by atoms with E-state index in [-0.39, 0.29) is 11.9 Å². The normalized spacial score (nSPS) is 13.8. The Bertz CT molecular complexity index is 913. The number of esters is 1. The minimum Gasteiger partial charge on any atom is -0.426 e. The van der Waals surface area contributed by atoms with E-state index in [1.807, 2.05) is 72.8 Å². The molecule has 1 heterocycles. The van der Waals surface area contributed by atoms with E-state index < -0.39 is 5.92 Å². The fourth-order valence-electron chi connectivity index (χ4n) is 3.55. The van der Waals surface area contributed by atoms with Gasteiger partial charge in [0.1, 0.15) is 11.7 Å². The fraction of sp³-hybridized carbons (Fsp3) is 0.167. The molecular weight excluding hydrogens is 350 g/mol. The summed E-state index contributed by atoms with van der Waals surface area (Å²) in [4.78, 5) is 26.7. The van der Waals surface area contributed by atoms with Crippen LogP contribution in [0.25, 0.3) is 0 Å². The third kappa shape index (κ3) is 3.81. The fourth-order valence-corrected chi connectivity index (χ4v) is 3.55. The van der Waals surface area contributed by atoms with Crippen molar-refractivity contribution in [3.05, 3.63) is 96.1 Å². The third-order valence-electron chi connectivity index (χ3n) is 4.94. The lowest BCUT2D eigenvalue weighted by molar-refractivity contribution is -0.135. The Morgan fingerprint density at radius 1 is 0.821 bits per heavy atom. The van der Waals surface area contributed by atoms with Crippen molar-refractivity contribution in [2.45, 2.75) is 18.8 Å². The van der Waals surface area contributed by atoms with E-state index >= 15 is 0 Å². The molecule has 4 heteroatoms. The molecule has 1 aliphatic heterocycles. The maximum absolute atomic E-state index is 13.0. The van der Waals surface area contributed by atoms with E-state index in [1.54, 1.807) is 17.0 Å². The molecule has 1 aliphatic rings. The average molecular weight is 371 g/mol. The van der Waals surface area contributed by atoms with Gasteiger partial charge in [-0.05, 0) is 41.8 Å². The molecule has 1 saturated heterocycles. The van der Waals surface area contributed by atoms with Crippen molar-refractivity contribution in [3.8, 4) is 5.75 Å². The van der Waals surface area contributed by atoms with Crippen molar-refractivity contribution in [2.75, 3.05) is 11.4 Å². The smallest absolute Gasteiger partial charge is 0.323 e. The summed E-state index contributed by atoms with van der Waals surface area (Å²) in [5.41, 5.74) is 2.61. The van der Waals surface area contributed by atoms with Crippen molar-refractivity contribution >= 4 is 17.6 Å². The Labute approximate surface area is 164 Å². The molecule has 4 nitrogen and oxygen atoms in total. The molecule has 1 amide bonds. The van der Waals surface area contributed by atoms with Crippen molar-refractivity contribution in [3.63, 3.8) is 0 Å².